The molecule has 1 aromatic rings. The summed E-state index contributed by atoms with van der Waals surface area (Å²) in [4.78, 5) is 0. The van der Waals surface area contributed by atoms with E-state index in [0.717, 1.165) is 17.9 Å². The van der Waals surface area contributed by atoms with Gasteiger partial charge in [-0.1, -0.05) is 25.4 Å². The molecule has 0 unspecified atom stereocenters. The van der Waals surface area contributed by atoms with E-state index in [9.17, 15) is 0 Å². The van der Waals surface area contributed by atoms with Gasteiger partial charge in [0.1, 0.15) is 0 Å². The van der Waals surface area contributed by atoms with Crippen molar-refractivity contribution in [1.29, 1.82) is 0 Å². The Morgan fingerprint density at radius 3 is 2.77 bits per heavy atom. The molecule has 0 heterocycles. The Kier molecular flexibility index (Phi) is 3.43. The summed E-state index contributed by atoms with van der Waals surface area (Å²) in [6.45, 7) is 5.20. The van der Waals surface area contributed by atoms with Crippen LogP contribution in [0, 0.1) is 5.92 Å². The minimum absolute atomic E-state index is 0.596. The van der Waals surface area contributed by atoms with Crippen molar-refractivity contribution < 1.29 is 0 Å². The highest BCUT2D eigenvalue weighted by Gasteiger charge is 2.00. The van der Waals surface area contributed by atoms with Crippen LogP contribution in [0.15, 0.2) is 18.2 Å². The second-order valence-corrected chi connectivity index (χ2v) is 3.94. The Morgan fingerprint density at radius 2 is 2.15 bits per heavy atom. The van der Waals surface area contributed by atoms with Crippen LogP contribution >= 0.6 is 11.6 Å². The first-order chi connectivity index (χ1) is 6.09. The van der Waals surface area contributed by atoms with Crippen LogP contribution in [-0.2, 0) is 0 Å². The van der Waals surface area contributed by atoms with Gasteiger partial charge < -0.3 is 11.1 Å². The Hall–Kier alpha value is -0.890. The molecule has 1 rings (SSSR count). The molecule has 0 aliphatic heterocycles. The van der Waals surface area contributed by atoms with Gasteiger partial charge in [-0.2, -0.15) is 0 Å². The van der Waals surface area contributed by atoms with Gasteiger partial charge in [0.25, 0.3) is 0 Å². The smallest absolute Gasteiger partial charge is 0.0588 e. The number of rotatable bonds is 3. The first-order valence-electron chi connectivity index (χ1n) is 4.38. The standard InChI is InChI=1S/C10H15ClN2/c1-7(2)6-13-10-5-8(11)3-4-9(10)12/h3-5,7,13H,6,12H2,1-2H3. The fraction of sp³-hybridized carbons (Fsp3) is 0.400. The molecule has 0 aliphatic rings. The molecular weight excluding hydrogens is 184 g/mol. The third-order valence-electron chi connectivity index (χ3n) is 1.72. The van der Waals surface area contributed by atoms with E-state index in [1.807, 2.05) is 12.1 Å². The van der Waals surface area contributed by atoms with Crippen LogP contribution < -0.4 is 11.1 Å². The zero-order chi connectivity index (χ0) is 9.84. The lowest BCUT2D eigenvalue weighted by Crippen LogP contribution is -2.09. The van der Waals surface area contributed by atoms with Crippen molar-refractivity contribution in [3.8, 4) is 0 Å². The number of nitrogen functional groups attached to an aromatic ring is 1. The highest BCUT2D eigenvalue weighted by molar-refractivity contribution is 6.31. The number of benzene rings is 1. The zero-order valence-corrected chi connectivity index (χ0v) is 8.73. The third kappa shape index (κ3) is 3.15. The zero-order valence-electron chi connectivity index (χ0n) is 7.97. The predicted octanol–water partition coefficient (Wildman–Crippen LogP) is 2.99. The second-order valence-electron chi connectivity index (χ2n) is 3.51. The predicted molar refractivity (Wildman–Crippen MR) is 59.2 cm³/mol. The van der Waals surface area contributed by atoms with Crippen molar-refractivity contribution in [2.45, 2.75) is 13.8 Å². The summed E-state index contributed by atoms with van der Waals surface area (Å²) >= 11 is 5.84. The number of hydrogen-bond acceptors (Lipinski definition) is 2. The molecule has 13 heavy (non-hydrogen) atoms. The van der Waals surface area contributed by atoms with Crippen molar-refractivity contribution in [3.05, 3.63) is 23.2 Å². The van der Waals surface area contributed by atoms with Gasteiger partial charge in [-0.3, -0.25) is 0 Å². The molecule has 0 spiro atoms. The Morgan fingerprint density at radius 1 is 1.46 bits per heavy atom. The normalized spacial score (nSPS) is 10.5. The first-order valence-corrected chi connectivity index (χ1v) is 4.76. The van der Waals surface area contributed by atoms with Crippen LogP contribution in [0.2, 0.25) is 5.02 Å². The Bertz CT molecular complexity index is 284. The number of nitrogens with two attached hydrogens (primary N) is 1. The molecule has 0 fully saturated rings. The molecular formula is C10H15ClN2. The fourth-order valence-corrected chi connectivity index (χ4v) is 1.17. The lowest BCUT2D eigenvalue weighted by molar-refractivity contribution is 0.689. The van der Waals surface area contributed by atoms with Gasteiger partial charge in [0.15, 0.2) is 0 Å². The molecule has 0 aliphatic carbocycles. The maximum atomic E-state index is 5.84. The Labute approximate surface area is 84.1 Å². The van der Waals surface area contributed by atoms with Crippen molar-refractivity contribution in [1.82, 2.24) is 0 Å². The first kappa shape index (κ1) is 10.2. The van der Waals surface area contributed by atoms with E-state index in [4.69, 9.17) is 17.3 Å². The Balaban J connectivity index is 2.70. The lowest BCUT2D eigenvalue weighted by Gasteiger charge is -2.11. The van der Waals surface area contributed by atoms with E-state index in [2.05, 4.69) is 19.2 Å². The molecule has 2 nitrogen and oxygen atoms in total. The van der Waals surface area contributed by atoms with Gasteiger partial charge in [-0.05, 0) is 24.1 Å². The molecule has 0 bridgehead atoms. The van der Waals surface area contributed by atoms with Gasteiger partial charge in [-0.15, -0.1) is 0 Å². The highest BCUT2D eigenvalue weighted by atomic mass is 35.5. The van der Waals surface area contributed by atoms with Crippen LogP contribution in [-0.4, -0.2) is 6.54 Å². The molecule has 0 saturated carbocycles. The van der Waals surface area contributed by atoms with Crippen LogP contribution in [0.3, 0.4) is 0 Å². The van der Waals surface area contributed by atoms with Crippen LogP contribution in [0.25, 0.3) is 0 Å². The van der Waals surface area contributed by atoms with Crippen LogP contribution in [0.1, 0.15) is 13.8 Å². The van der Waals surface area contributed by atoms with E-state index in [1.165, 1.54) is 0 Å². The van der Waals surface area contributed by atoms with Gasteiger partial charge in [-0.25, -0.2) is 0 Å². The number of nitrogens with one attached hydrogen (secondary N) is 1. The SMILES string of the molecule is CC(C)CNc1cc(Cl)ccc1N. The summed E-state index contributed by atoms with van der Waals surface area (Å²) in [6.07, 6.45) is 0. The van der Waals surface area contributed by atoms with E-state index < -0.39 is 0 Å². The largest absolute Gasteiger partial charge is 0.397 e. The molecule has 0 amide bonds. The summed E-state index contributed by atoms with van der Waals surface area (Å²) < 4.78 is 0. The summed E-state index contributed by atoms with van der Waals surface area (Å²) in [5.41, 5.74) is 7.41. The molecule has 0 saturated heterocycles. The van der Waals surface area contributed by atoms with Gasteiger partial charge in [0, 0.05) is 11.6 Å². The third-order valence-corrected chi connectivity index (χ3v) is 1.95. The minimum atomic E-state index is 0.596. The maximum absolute atomic E-state index is 5.84. The second kappa shape index (κ2) is 4.38. The average molecular weight is 199 g/mol. The van der Waals surface area contributed by atoms with Crippen molar-refractivity contribution >= 4 is 23.0 Å². The summed E-state index contributed by atoms with van der Waals surface area (Å²) in [5, 5.41) is 3.95. The van der Waals surface area contributed by atoms with Crippen LogP contribution in [0.4, 0.5) is 11.4 Å². The van der Waals surface area contributed by atoms with Crippen molar-refractivity contribution in [2.75, 3.05) is 17.6 Å². The summed E-state index contributed by atoms with van der Waals surface area (Å²) in [6, 6.07) is 5.45. The molecule has 0 aromatic heterocycles. The average Bonchev–Trinajstić information content (AvgIpc) is 2.06. The molecule has 0 radical (unpaired) electrons. The van der Waals surface area contributed by atoms with E-state index in [1.54, 1.807) is 6.07 Å². The maximum Gasteiger partial charge on any atom is 0.0588 e. The highest BCUT2D eigenvalue weighted by Crippen LogP contribution is 2.22. The fourth-order valence-electron chi connectivity index (χ4n) is 0.996. The van der Waals surface area contributed by atoms with E-state index >= 15 is 0 Å². The monoisotopic (exact) mass is 198 g/mol. The van der Waals surface area contributed by atoms with E-state index in [-0.39, 0.29) is 0 Å². The van der Waals surface area contributed by atoms with Crippen LogP contribution in [0.5, 0.6) is 0 Å². The topological polar surface area (TPSA) is 38.0 Å². The quantitative estimate of drug-likeness (QED) is 0.733. The summed E-state index contributed by atoms with van der Waals surface area (Å²) in [7, 11) is 0. The molecule has 0 atom stereocenters. The van der Waals surface area contributed by atoms with Gasteiger partial charge in [0.2, 0.25) is 0 Å². The lowest BCUT2D eigenvalue weighted by atomic mass is 10.2. The summed E-state index contributed by atoms with van der Waals surface area (Å²) in [5.74, 6) is 0.596. The van der Waals surface area contributed by atoms with Crippen molar-refractivity contribution in [2.24, 2.45) is 5.92 Å². The van der Waals surface area contributed by atoms with Crippen molar-refractivity contribution in [3.63, 3.8) is 0 Å². The molecule has 3 N–H and O–H groups in total. The minimum Gasteiger partial charge on any atom is -0.397 e. The molecule has 72 valence electrons. The number of anilines is 2. The number of halogens is 1. The molecule has 1 aromatic carbocycles. The molecule has 3 heteroatoms. The van der Waals surface area contributed by atoms with E-state index in [0.29, 0.717) is 10.9 Å². The van der Waals surface area contributed by atoms with Gasteiger partial charge >= 0.3 is 0 Å². The van der Waals surface area contributed by atoms with Gasteiger partial charge in [0.05, 0.1) is 11.4 Å². The number of hydrogen-bond donors (Lipinski definition) is 2.